The Morgan fingerprint density at radius 3 is 1.34 bits per heavy atom. The van der Waals surface area contributed by atoms with Crippen LogP contribution >= 0.6 is 0 Å². The summed E-state index contributed by atoms with van der Waals surface area (Å²) in [6, 6.07) is 89.4. The molecule has 2 aromatic heterocycles. The van der Waals surface area contributed by atoms with Crippen molar-refractivity contribution in [3.8, 4) is 55.9 Å². The van der Waals surface area contributed by atoms with E-state index in [1.165, 1.54) is 133 Å². The van der Waals surface area contributed by atoms with Gasteiger partial charge in [0.2, 0.25) is 0 Å². The van der Waals surface area contributed by atoms with Crippen LogP contribution in [0.4, 0.5) is 0 Å². The monoisotopic (exact) mass is 904 g/mol. The third-order valence-corrected chi connectivity index (χ3v) is 15.3. The van der Waals surface area contributed by atoms with Crippen LogP contribution in [0.3, 0.4) is 0 Å². The minimum Gasteiger partial charge on any atom is -0.309 e. The zero-order valence-corrected chi connectivity index (χ0v) is 39.6. The van der Waals surface area contributed by atoms with Crippen LogP contribution in [-0.2, 0) is 5.41 Å². The van der Waals surface area contributed by atoms with Gasteiger partial charge in [0.1, 0.15) is 0 Å². The summed E-state index contributed by atoms with van der Waals surface area (Å²) in [6.07, 6.45) is 4.42. The molecule has 1 aliphatic rings. The summed E-state index contributed by atoms with van der Waals surface area (Å²) in [5, 5.41) is 7.57. The molecule has 2 nitrogen and oxygen atoms in total. The number of hydrogen-bond donors (Lipinski definition) is 0. The standard InChI is InChI=1S/C69H48N2/c1-69(2)62-43-52(48-31-27-46(28-32-48)24-23-45-25-29-47(30-26-45)50-35-39-67-60(41-50)58-18-8-10-20-65(58)70(67)54-15-4-3-5-16-54)33-37-56(62)57-38-34-53(44-63(57)69)51-36-40-68-61(42-51)59-19-9-11-21-66(59)71(68)64-22-12-14-49-13-6-7-17-55(49)64/h3-44H,1-2H3/b24-23+. The molecule has 0 atom stereocenters. The van der Waals surface area contributed by atoms with Crippen LogP contribution in [0.2, 0.25) is 0 Å². The summed E-state index contributed by atoms with van der Waals surface area (Å²) in [5.74, 6) is 0. The summed E-state index contributed by atoms with van der Waals surface area (Å²) < 4.78 is 4.81. The van der Waals surface area contributed by atoms with Gasteiger partial charge in [-0.25, -0.2) is 0 Å². The summed E-state index contributed by atoms with van der Waals surface area (Å²) >= 11 is 0. The van der Waals surface area contributed by atoms with Crippen LogP contribution in [0.5, 0.6) is 0 Å². The number of para-hydroxylation sites is 3. The Labute approximate surface area is 413 Å². The molecule has 0 amide bonds. The SMILES string of the molecule is CC1(C)c2cc(-c3ccc(/C=C/c4ccc(-c5ccc6c(c5)c5ccccc5n6-c5ccccc5)cc4)cc3)ccc2-c2ccc(-c3ccc4c(c3)c3ccccc3n4-c3cccc4ccccc34)cc21. The predicted octanol–water partition coefficient (Wildman–Crippen LogP) is 18.5. The number of hydrogen-bond acceptors (Lipinski definition) is 0. The van der Waals surface area contributed by atoms with Crippen molar-refractivity contribution >= 4 is 66.5 Å². The van der Waals surface area contributed by atoms with E-state index in [1.807, 2.05) is 0 Å². The fourth-order valence-corrected chi connectivity index (χ4v) is 11.7. The number of fused-ring (bicyclic) bond motifs is 10. The number of rotatable bonds is 7. The lowest BCUT2D eigenvalue weighted by Gasteiger charge is -2.22. The molecule has 0 radical (unpaired) electrons. The Morgan fingerprint density at radius 2 is 0.732 bits per heavy atom. The zero-order valence-electron chi connectivity index (χ0n) is 39.6. The van der Waals surface area contributed by atoms with Gasteiger partial charge in [0, 0.05) is 38.0 Å². The molecule has 0 saturated carbocycles. The topological polar surface area (TPSA) is 9.86 Å². The Kier molecular flexibility index (Phi) is 9.28. The maximum absolute atomic E-state index is 2.44. The van der Waals surface area contributed by atoms with Gasteiger partial charge in [0.25, 0.3) is 0 Å². The Bertz CT molecular complexity index is 4270. The summed E-state index contributed by atoms with van der Waals surface area (Å²) in [4.78, 5) is 0. The van der Waals surface area contributed by atoms with E-state index in [1.54, 1.807) is 0 Å². The predicted molar refractivity (Wildman–Crippen MR) is 302 cm³/mol. The van der Waals surface area contributed by atoms with Gasteiger partial charge in [-0.2, -0.15) is 0 Å². The van der Waals surface area contributed by atoms with Crippen molar-refractivity contribution in [2.75, 3.05) is 0 Å². The largest absolute Gasteiger partial charge is 0.309 e. The molecule has 1 aliphatic carbocycles. The molecule has 13 aromatic rings. The van der Waals surface area contributed by atoms with Gasteiger partial charge in [-0.05, 0) is 139 Å². The number of nitrogens with zero attached hydrogens (tertiary/aromatic N) is 2. The molecule has 0 N–H and O–H groups in total. The maximum atomic E-state index is 2.44. The van der Waals surface area contributed by atoms with Crippen LogP contribution in [0.1, 0.15) is 36.1 Å². The molecule has 0 unspecified atom stereocenters. The maximum Gasteiger partial charge on any atom is 0.0541 e. The van der Waals surface area contributed by atoms with Crippen LogP contribution < -0.4 is 0 Å². The fraction of sp³-hybridized carbons (Fsp3) is 0.0435. The molecule has 11 aromatic carbocycles. The highest BCUT2D eigenvalue weighted by Crippen LogP contribution is 2.51. The van der Waals surface area contributed by atoms with Crippen molar-refractivity contribution in [1.29, 1.82) is 0 Å². The van der Waals surface area contributed by atoms with Crippen LogP contribution in [0.25, 0.3) is 122 Å². The van der Waals surface area contributed by atoms with Gasteiger partial charge in [0.05, 0.1) is 27.8 Å². The smallest absolute Gasteiger partial charge is 0.0541 e. The minimum absolute atomic E-state index is 0.154. The third-order valence-electron chi connectivity index (χ3n) is 15.3. The molecule has 0 fully saturated rings. The Morgan fingerprint density at radius 1 is 0.310 bits per heavy atom. The van der Waals surface area contributed by atoms with E-state index in [9.17, 15) is 0 Å². The highest BCUT2D eigenvalue weighted by atomic mass is 15.0. The molecule has 71 heavy (non-hydrogen) atoms. The molecule has 2 heterocycles. The van der Waals surface area contributed by atoms with E-state index in [-0.39, 0.29) is 5.41 Å². The van der Waals surface area contributed by atoms with Crippen molar-refractivity contribution in [2.45, 2.75) is 19.3 Å². The second kappa shape index (κ2) is 16.1. The molecule has 0 aliphatic heterocycles. The lowest BCUT2D eigenvalue weighted by molar-refractivity contribution is 0.661. The summed E-state index contributed by atoms with van der Waals surface area (Å²) in [7, 11) is 0. The second-order valence-electron chi connectivity index (χ2n) is 19.7. The Balaban J connectivity index is 0.710. The van der Waals surface area contributed by atoms with E-state index in [0.717, 1.165) is 0 Å². The van der Waals surface area contributed by atoms with Gasteiger partial charge in [0.15, 0.2) is 0 Å². The van der Waals surface area contributed by atoms with E-state index in [2.05, 4.69) is 278 Å². The molecule has 2 heteroatoms. The summed E-state index contributed by atoms with van der Waals surface area (Å²) in [5.41, 5.74) is 22.2. The van der Waals surface area contributed by atoms with Gasteiger partial charge >= 0.3 is 0 Å². The highest BCUT2D eigenvalue weighted by molar-refractivity contribution is 6.12. The quantitative estimate of drug-likeness (QED) is 0.141. The van der Waals surface area contributed by atoms with Gasteiger partial charge < -0.3 is 9.13 Å². The fourth-order valence-electron chi connectivity index (χ4n) is 11.7. The van der Waals surface area contributed by atoms with E-state index >= 15 is 0 Å². The molecule has 0 saturated heterocycles. The van der Waals surface area contributed by atoms with Crippen molar-refractivity contribution in [2.24, 2.45) is 0 Å². The van der Waals surface area contributed by atoms with E-state index in [0.29, 0.717) is 0 Å². The van der Waals surface area contributed by atoms with Crippen molar-refractivity contribution in [3.63, 3.8) is 0 Å². The van der Waals surface area contributed by atoms with Crippen molar-refractivity contribution in [1.82, 2.24) is 9.13 Å². The summed E-state index contributed by atoms with van der Waals surface area (Å²) in [6.45, 7) is 4.77. The lowest BCUT2D eigenvalue weighted by Crippen LogP contribution is -2.15. The molecular formula is C69H48N2. The average Bonchev–Trinajstić information content (AvgIpc) is 4.02. The van der Waals surface area contributed by atoms with Crippen molar-refractivity contribution < 1.29 is 0 Å². The van der Waals surface area contributed by atoms with Crippen LogP contribution in [0, 0.1) is 0 Å². The first-order valence-corrected chi connectivity index (χ1v) is 24.7. The van der Waals surface area contributed by atoms with Crippen LogP contribution in [-0.4, -0.2) is 9.13 Å². The van der Waals surface area contributed by atoms with Gasteiger partial charge in [-0.1, -0.05) is 202 Å². The molecular weight excluding hydrogens is 857 g/mol. The van der Waals surface area contributed by atoms with Crippen LogP contribution in [0.15, 0.2) is 243 Å². The molecule has 14 rings (SSSR count). The van der Waals surface area contributed by atoms with Gasteiger partial charge in [-0.15, -0.1) is 0 Å². The molecule has 0 spiro atoms. The van der Waals surface area contributed by atoms with E-state index in [4.69, 9.17) is 0 Å². The first-order valence-electron chi connectivity index (χ1n) is 24.7. The third kappa shape index (κ3) is 6.63. The number of aromatic nitrogens is 2. The highest BCUT2D eigenvalue weighted by Gasteiger charge is 2.36. The van der Waals surface area contributed by atoms with E-state index < -0.39 is 0 Å². The first kappa shape index (κ1) is 41.0. The molecule has 334 valence electrons. The second-order valence-corrected chi connectivity index (χ2v) is 19.7. The average molecular weight is 905 g/mol. The molecule has 0 bridgehead atoms. The normalized spacial score (nSPS) is 13.0. The lowest BCUT2D eigenvalue weighted by atomic mass is 9.81. The minimum atomic E-state index is -0.154. The zero-order chi connectivity index (χ0) is 47.2. The van der Waals surface area contributed by atoms with Crippen molar-refractivity contribution in [3.05, 3.63) is 265 Å². The first-order chi connectivity index (χ1) is 34.9. The Hall–Kier alpha value is -8.98. The number of benzene rings is 11. The van der Waals surface area contributed by atoms with Gasteiger partial charge in [-0.3, -0.25) is 0 Å².